The number of imide groups is 1. The summed E-state index contributed by atoms with van der Waals surface area (Å²) in [4.78, 5) is 21.5. The summed E-state index contributed by atoms with van der Waals surface area (Å²) in [6, 6.07) is 0. The highest BCUT2D eigenvalue weighted by Crippen LogP contribution is 2.17. The predicted molar refractivity (Wildman–Crippen MR) is 36.2 cm³/mol. The molecule has 0 aromatic carbocycles. The van der Waals surface area contributed by atoms with Crippen LogP contribution in [0, 0.1) is 0 Å². The van der Waals surface area contributed by atoms with Gasteiger partial charge < -0.3 is 0 Å². The van der Waals surface area contributed by atoms with Crippen LogP contribution in [-0.4, -0.2) is 22.1 Å². The first-order valence-corrected chi connectivity index (χ1v) is 3.58. The quantitative estimate of drug-likeness (QED) is 0.213. The first-order valence-electron chi connectivity index (χ1n) is 2.64. The Morgan fingerprint density at radius 2 is 2.20 bits per heavy atom. The average molecular weight is 161 g/mol. The normalized spacial score (nSPS) is 26.2. The molecule has 1 atom stereocenters. The number of carbonyl (C=O) groups is 2. The number of hydrazine groups is 1. The molecule has 0 aliphatic carbocycles. The van der Waals surface area contributed by atoms with Gasteiger partial charge in [-0.15, -0.1) is 0 Å². The summed E-state index contributed by atoms with van der Waals surface area (Å²) in [5.74, 6) is 4.28. The SMILES string of the molecule is NSC1CC(=O)N(N)C1=O. The van der Waals surface area contributed by atoms with Crippen LogP contribution in [0.2, 0.25) is 0 Å². The van der Waals surface area contributed by atoms with Crippen molar-refractivity contribution in [3.63, 3.8) is 0 Å². The van der Waals surface area contributed by atoms with Crippen LogP contribution < -0.4 is 11.0 Å². The van der Waals surface area contributed by atoms with Crippen LogP contribution >= 0.6 is 11.9 Å². The second-order valence-corrected chi connectivity index (χ2v) is 2.77. The molecule has 1 unspecified atom stereocenters. The van der Waals surface area contributed by atoms with Gasteiger partial charge in [0.2, 0.25) is 5.91 Å². The van der Waals surface area contributed by atoms with E-state index in [4.69, 9.17) is 11.0 Å². The molecule has 0 bridgehead atoms. The number of hydrogen-bond donors (Lipinski definition) is 2. The van der Waals surface area contributed by atoms with Gasteiger partial charge in [-0.2, -0.15) is 0 Å². The van der Waals surface area contributed by atoms with Gasteiger partial charge in [0.05, 0.1) is 6.42 Å². The third kappa shape index (κ3) is 1.00. The molecule has 0 aromatic heterocycles. The van der Waals surface area contributed by atoms with Gasteiger partial charge in [-0.05, 0) is 0 Å². The number of rotatable bonds is 1. The largest absolute Gasteiger partial charge is 0.277 e. The minimum absolute atomic E-state index is 0.122. The topological polar surface area (TPSA) is 89.4 Å². The van der Waals surface area contributed by atoms with Gasteiger partial charge in [0, 0.05) is 0 Å². The molecule has 4 N–H and O–H groups in total. The maximum atomic E-state index is 10.8. The Labute approximate surface area is 61.8 Å². The first-order chi connectivity index (χ1) is 4.66. The second kappa shape index (κ2) is 2.57. The van der Waals surface area contributed by atoms with E-state index in [0.717, 1.165) is 11.9 Å². The van der Waals surface area contributed by atoms with Crippen LogP contribution in [0.15, 0.2) is 0 Å². The maximum absolute atomic E-state index is 10.8. The zero-order chi connectivity index (χ0) is 7.72. The van der Waals surface area contributed by atoms with E-state index in [0.29, 0.717) is 5.01 Å². The van der Waals surface area contributed by atoms with E-state index in [1.165, 1.54) is 0 Å². The van der Waals surface area contributed by atoms with Crippen LogP contribution in [0.3, 0.4) is 0 Å². The fourth-order valence-electron chi connectivity index (χ4n) is 0.729. The smallest absolute Gasteiger partial charge is 0.258 e. The van der Waals surface area contributed by atoms with E-state index in [1.807, 2.05) is 0 Å². The molecular weight excluding hydrogens is 154 g/mol. The Morgan fingerprint density at radius 1 is 1.60 bits per heavy atom. The molecule has 1 saturated heterocycles. The molecule has 5 nitrogen and oxygen atoms in total. The standard InChI is InChI=1S/C4H7N3O2S/c5-7-3(8)1-2(10-6)4(7)9/h2H,1,5-6H2. The molecule has 1 aliphatic rings. The van der Waals surface area contributed by atoms with Crippen molar-refractivity contribution in [1.82, 2.24) is 5.01 Å². The van der Waals surface area contributed by atoms with Crippen molar-refractivity contribution < 1.29 is 9.59 Å². The van der Waals surface area contributed by atoms with Crippen LogP contribution in [0.4, 0.5) is 0 Å². The Morgan fingerprint density at radius 3 is 2.40 bits per heavy atom. The van der Waals surface area contributed by atoms with Crippen molar-refractivity contribution in [2.45, 2.75) is 11.7 Å². The lowest BCUT2D eigenvalue weighted by molar-refractivity contribution is -0.138. The number of hydrogen-bond acceptors (Lipinski definition) is 5. The third-order valence-electron chi connectivity index (χ3n) is 1.31. The molecule has 56 valence electrons. The van der Waals surface area contributed by atoms with Crippen molar-refractivity contribution in [3.05, 3.63) is 0 Å². The second-order valence-electron chi connectivity index (χ2n) is 1.93. The molecule has 0 spiro atoms. The monoisotopic (exact) mass is 161 g/mol. The molecule has 2 amide bonds. The van der Waals surface area contributed by atoms with E-state index in [1.54, 1.807) is 0 Å². The summed E-state index contributed by atoms with van der Waals surface area (Å²) < 4.78 is 0. The summed E-state index contributed by atoms with van der Waals surface area (Å²) in [5, 5.41) is 5.25. The molecule has 1 aliphatic heterocycles. The molecule has 10 heavy (non-hydrogen) atoms. The Hall–Kier alpha value is -0.590. The number of carbonyl (C=O) groups excluding carboxylic acids is 2. The number of nitrogens with two attached hydrogens (primary N) is 2. The third-order valence-corrected chi connectivity index (χ3v) is 2.00. The zero-order valence-electron chi connectivity index (χ0n) is 5.11. The summed E-state index contributed by atoms with van der Waals surface area (Å²) >= 11 is 0.856. The first kappa shape index (κ1) is 7.52. The lowest BCUT2D eigenvalue weighted by atomic mass is 10.4. The van der Waals surface area contributed by atoms with Gasteiger partial charge in [0.25, 0.3) is 5.91 Å². The summed E-state index contributed by atoms with van der Waals surface area (Å²) in [7, 11) is 0. The number of amides is 2. The molecule has 6 heteroatoms. The number of nitrogens with zero attached hydrogens (tertiary/aromatic N) is 1. The van der Waals surface area contributed by atoms with Crippen molar-refractivity contribution in [1.29, 1.82) is 0 Å². The van der Waals surface area contributed by atoms with Crippen LogP contribution in [0.1, 0.15) is 6.42 Å². The lowest BCUT2D eigenvalue weighted by Gasteiger charge is -2.04. The highest BCUT2D eigenvalue weighted by molar-refractivity contribution is 7.98. The van der Waals surface area contributed by atoms with Gasteiger partial charge in [0.1, 0.15) is 5.25 Å². The summed E-state index contributed by atoms with van der Waals surface area (Å²) in [5.41, 5.74) is 0. The fraction of sp³-hybridized carbons (Fsp3) is 0.500. The predicted octanol–water partition coefficient (Wildman–Crippen LogP) is -1.41. The van der Waals surface area contributed by atoms with Crippen LogP contribution in [-0.2, 0) is 9.59 Å². The molecular formula is C4H7N3O2S. The Bertz CT molecular complexity index is 183. The van der Waals surface area contributed by atoms with Gasteiger partial charge in [-0.1, -0.05) is 11.9 Å². The van der Waals surface area contributed by atoms with Crippen LogP contribution in [0.5, 0.6) is 0 Å². The van der Waals surface area contributed by atoms with E-state index < -0.39 is 11.2 Å². The highest BCUT2D eigenvalue weighted by Gasteiger charge is 2.36. The summed E-state index contributed by atoms with van der Waals surface area (Å²) in [6.45, 7) is 0. The van der Waals surface area contributed by atoms with E-state index in [2.05, 4.69) is 0 Å². The van der Waals surface area contributed by atoms with Gasteiger partial charge in [-0.3, -0.25) is 14.7 Å². The zero-order valence-corrected chi connectivity index (χ0v) is 5.93. The molecule has 1 rings (SSSR count). The highest BCUT2D eigenvalue weighted by atomic mass is 32.2. The van der Waals surface area contributed by atoms with Crippen LogP contribution in [0.25, 0.3) is 0 Å². The van der Waals surface area contributed by atoms with E-state index in [9.17, 15) is 9.59 Å². The average Bonchev–Trinajstić information content (AvgIpc) is 2.17. The molecule has 1 heterocycles. The van der Waals surface area contributed by atoms with Gasteiger partial charge in [-0.25, -0.2) is 10.9 Å². The van der Waals surface area contributed by atoms with Crippen molar-refractivity contribution in [3.8, 4) is 0 Å². The fourth-order valence-corrected chi connectivity index (χ4v) is 1.20. The molecule has 1 fully saturated rings. The van der Waals surface area contributed by atoms with Crippen molar-refractivity contribution >= 4 is 23.8 Å². The molecule has 0 aromatic rings. The Balaban J connectivity index is 2.71. The van der Waals surface area contributed by atoms with Gasteiger partial charge >= 0.3 is 0 Å². The minimum atomic E-state index is -0.475. The maximum Gasteiger partial charge on any atom is 0.258 e. The van der Waals surface area contributed by atoms with E-state index in [-0.39, 0.29) is 12.3 Å². The molecule has 0 radical (unpaired) electrons. The lowest BCUT2D eigenvalue weighted by Crippen LogP contribution is -2.37. The Kier molecular flexibility index (Phi) is 1.93. The van der Waals surface area contributed by atoms with Crippen molar-refractivity contribution in [2.75, 3.05) is 0 Å². The van der Waals surface area contributed by atoms with Gasteiger partial charge in [0.15, 0.2) is 0 Å². The van der Waals surface area contributed by atoms with Crippen molar-refractivity contribution in [2.24, 2.45) is 11.0 Å². The van der Waals surface area contributed by atoms with E-state index >= 15 is 0 Å². The minimum Gasteiger partial charge on any atom is -0.277 e. The molecule has 0 saturated carbocycles. The summed E-state index contributed by atoms with van der Waals surface area (Å²) in [6.07, 6.45) is 0.122.